The maximum atomic E-state index is 11.5. The predicted molar refractivity (Wildman–Crippen MR) is 107 cm³/mol. The molecule has 0 amide bonds. The topological polar surface area (TPSA) is 48.0 Å². The van der Waals surface area contributed by atoms with Crippen molar-refractivity contribution in [3.8, 4) is 0 Å². The van der Waals surface area contributed by atoms with Gasteiger partial charge in [-0.15, -0.1) is 0 Å². The van der Waals surface area contributed by atoms with Crippen LogP contribution in [0.4, 0.5) is 0 Å². The average molecular weight is 377 g/mol. The van der Waals surface area contributed by atoms with E-state index in [1.807, 2.05) is 0 Å². The molecule has 3 aliphatic rings. The van der Waals surface area contributed by atoms with Crippen LogP contribution in [-0.4, -0.2) is 54.9 Å². The van der Waals surface area contributed by atoms with Gasteiger partial charge in [-0.05, 0) is 77.7 Å². The predicted octanol–water partition coefficient (Wildman–Crippen LogP) is 3.76. The number of esters is 1. The molecule has 5 nitrogen and oxygen atoms in total. The number of ether oxygens (including phenoxy) is 1. The zero-order chi connectivity index (χ0) is 19.8. The van der Waals surface area contributed by atoms with Crippen molar-refractivity contribution in [2.75, 3.05) is 13.7 Å². The van der Waals surface area contributed by atoms with Gasteiger partial charge < -0.3 is 14.0 Å². The molecule has 0 N–H and O–H groups in total. The number of carbonyl (C=O) groups excluding carboxylic acids is 1. The van der Waals surface area contributed by atoms with Gasteiger partial charge in [0.15, 0.2) is 0 Å². The van der Waals surface area contributed by atoms with Crippen molar-refractivity contribution in [2.45, 2.75) is 96.4 Å². The molecular weight excluding hydrogens is 341 g/mol. The monoisotopic (exact) mass is 377 g/mol. The standard InChI is InChI=1S/C21H36BNO4/c1-15-14-16(22-26-20(2,3)21(4,5)27-22)9-11-18(15)23-13-7-8-17(23)10-12-19(24)25-6/h9,15,17-18H,7-8,10-14H2,1-6H3/t15?,17-,18?/m0/s1. The zero-order valence-electron chi connectivity index (χ0n) is 17.9. The molecule has 2 heterocycles. The summed E-state index contributed by atoms with van der Waals surface area (Å²) in [7, 11) is 1.26. The molecular formula is C21H36BNO4. The Morgan fingerprint density at radius 3 is 2.56 bits per heavy atom. The highest BCUT2D eigenvalue weighted by Crippen LogP contribution is 2.42. The van der Waals surface area contributed by atoms with E-state index in [-0.39, 0.29) is 24.3 Å². The lowest BCUT2D eigenvalue weighted by molar-refractivity contribution is -0.141. The van der Waals surface area contributed by atoms with E-state index in [1.54, 1.807) is 0 Å². The van der Waals surface area contributed by atoms with E-state index in [1.165, 1.54) is 25.4 Å². The Morgan fingerprint density at radius 1 is 1.30 bits per heavy atom. The van der Waals surface area contributed by atoms with Gasteiger partial charge >= 0.3 is 13.1 Å². The van der Waals surface area contributed by atoms with Gasteiger partial charge in [-0.3, -0.25) is 9.69 Å². The van der Waals surface area contributed by atoms with Gasteiger partial charge in [0.05, 0.1) is 18.3 Å². The first kappa shape index (κ1) is 20.9. The van der Waals surface area contributed by atoms with E-state index < -0.39 is 0 Å². The van der Waals surface area contributed by atoms with Crippen LogP contribution in [0, 0.1) is 5.92 Å². The van der Waals surface area contributed by atoms with Crippen molar-refractivity contribution in [3.05, 3.63) is 11.5 Å². The van der Waals surface area contributed by atoms with Crippen molar-refractivity contribution in [1.82, 2.24) is 4.90 Å². The summed E-state index contributed by atoms with van der Waals surface area (Å²) in [5.74, 6) is 0.462. The summed E-state index contributed by atoms with van der Waals surface area (Å²) >= 11 is 0. The molecule has 0 spiro atoms. The fourth-order valence-corrected chi connectivity index (χ4v) is 4.74. The Kier molecular flexibility index (Phi) is 6.09. The summed E-state index contributed by atoms with van der Waals surface area (Å²) in [6, 6.07) is 1.05. The lowest BCUT2D eigenvalue weighted by Crippen LogP contribution is -2.45. The maximum Gasteiger partial charge on any atom is 0.490 e. The molecule has 0 radical (unpaired) electrons. The molecule has 1 aliphatic carbocycles. The van der Waals surface area contributed by atoms with Crippen LogP contribution in [0.2, 0.25) is 0 Å². The van der Waals surface area contributed by atoms with Crippen molar-refractivity contribution < 1.29 is 18.8 Å². The van der Waals surface area contributed by atoms with E-state index in [2.05, 4.69) is 45.6 Å². The van der Waals surface area contributed by atoms with E-state index in [4.69, 9.17) is 14.0 Å². The van der Waals surface area contributed by atoms with Crippen LogP contribution in [0.1, 0.15) is 73.1 Å². The number of carbonyl (C=O) groups is 1. The van der Waals surface area contributed by atoms with Crippen molar-refractivity contribution >= 4 is 13.1 Å². The third-order valence-corrected chi connectivity index (χ3v) is 7.15. The molecule has 152 valence electrons. The van der Waals surface area contributed by atoms with Crippen LogP contribution >= 0.6 is 0 Å². The van der Waals surface area contributed by atoms with E-state index in [9.17, 15) is 4.79 Å². The van der Waals surface area contributed by atoms with Crippen molar-refractivity contribution in [3.63, 3.8) is 0 Å². The number of hydrogen-bond acceptors (Lipinski definition) is 5. The fraction of sp³-hybridized carbons (Fsp3) is 0.857. The van der Waals surface area contributed by atoms with Crippen LogP contribution in [0.3, 0.4) is 0 Å². The largest absolute Gasteiger partial charge is 0.490 e. The molecule has 2 saturated heterocycles. The second-order valence-corrected chi connectivity index (χ2v) is 9.50. The van der Waals surface area contributed by atoms with Crippen molar-refractivity contribution in [2.24, 2.45) is 5.92 Å². The van der Waals surface area contributed by atoms with Gasteiger partial charge in [-0.1, -0.05) is 13.0 Å². The molecule has 2 fully saturated rings. The molecule has 0 aromatic carbocycles. The Morgan fingerprint density at radius 2 is 1.96 bits per heavy atom. The zero-order valence-corrected chi connectivity index (χ0v) is 17.9. The summed E-state index contributed by atoms with van der Waals surface area (Å²) in [6.45, 7) is 11.9. The average Bonchev–Trinajstić information content (AvgIpc) is 3.14. The number of hydrogen-bond donors (Lipinski definition) is 0. The summed E-state index contributed by atoms with van der Waals surface area (Å²) in [5.41, 5.74) is 0.724. The van der Waals surface area contributed by atoms with Gasteiger partial charge in [0, 0.05) is 18.5 Å². The third kappa shape index (κ3) is 4.28. The van der Waals surface area contributed by atoms with E-state index in [0.29, 0.717) is 24.4 Å². The van der Waals surface area contributed by atoms with Crippen LogP contribution in [0.5, 0.6) is 0 Å². The first-order valence-electron chi connectivity index (χ1n) is 10.5. The van der Waals surface area contributed by atoms with E-state index in [0.717, 1.165) is 25.8 Å². The van der Waals surface area contributed by atoms with Gasteiger partial charge in [0.25, 0.3) is 0 Å². The lowest BCUT2D eigenvalue weighted by atomic mass is 9.68. The van der Waals surface area contributed by atoms with Gasteiger partial charge in [0.1, 0.15) is 0 Å². The Hall–Kier alpha value is -0.845. The molecule has 2 unspecified atom stereocenters. The summed E-state index contributed by atoms with van der Waals surface area (Å²) in [5, 5.41) is 0. The fourth-order valence-electron chi connectivity index (χ4n) is 4.74. The molecule has 0 saturated carbocycles. The second-order valence-electron chi connectivity index (χ2n) is 9.50. The van der Waals surface area contributed by atoms with Gasteiger partial charge in [0.2, 0.25) is 0 Å². The summed E-state index contributed by atoms with van der Waals surface area (Å²) < 4.78 is 17.3. The first-order valence-corrected chi connectivity index (χ1v) is 10.5. The Bertz CT molecular complexity index is 573. The van der Waals surface area contributed by atoms with Gasteiger partial charge in [-0.25, -0.2) is 0 Å². The third-order valence-electron chi connectivity index (χ3n) is 7.15. The highest BCUT2D eigenvalue weighted by Gasteiger charge is 2.53. The molecule has 0 aromatic heterocycles. The molecule has 3 atom stereocenters. The summed E-state index contributed by atoms with van der Waals surface area (Å²) in [4.78, 5) is 14.2. The van der Waals surface area contributed by atoms with Gasteiger partial charge in [-0.2, -0.15) is 0 Å². The first-order chi connectivity index (χ1) is 12.6. The highest BCUT2D eigenvalue weighted by molar-refractivity contribution is 6.54. The molecule has 0 bridgehead atoms. The Labute approximate surface area is 164 Å². The minimum atomic E-state index is -0.285. The SMILES string of the molecule is COC(=O)CC[C@@H]1CCCN1C1CC=C(B2OC(C)(C)C(C)(C)O2)CC1C. The number of likely N-dealkylation sites (tertiary alicyclic amines) is 1. The molecule has 2 aliphatic heterocycles. The van der Waals surface area contributed by atoms with Crippen LogP contribution in [0.25, 0.3) is 0 Å². The minimum Gasteiger partial charge on any atom is -0.469 e. The van der Waals surface area contributed by atoms with Crippen LogP contribution in [-0.2, 0) is 18.8 Å². The molecule has 0 aromatic rings. The quantitative estimate of drug-likeness (QED) is 0.539. The molecule has 27 heavy (non-hydrogen) atoms. The number of rotatable bonds is 5. The molecule has 6 heteroatoms. The maximum absolute atomic E-state index is 11.5. The second kappa shape index (κ2) is 7.88. The number of allylic oxidation sites excluding steroid dienone is 1. The molecule has 3 rings (SSSR count). The highest BCUT2D eigenvalue weighted by atomic mass is 16.7. The smallest absolute Gasteiger partial charge is 0.469 e. The van der Waals surface area contributed by atoms with E-state index >= 15 is 0 Å². The van der Waals surface area contributed by atoms with Crippen molar-refractivity contribution in [1.29, 1.82) is 0 Å². The number of nitrogens with zero attached hydrogens (tertiary/aromatic N) is 1. The van der Waals surface area contributed by atoms with Crippen LogP contribution < -0.4 is 0 Å². The number of methoxy groups -OCH3 is 1. The lowest BCUT2D eigenvalue weighted by Gasteiger charge is -2.39. The van der Waals surface area contributed by atoms with Crippen LogP contribution in [0.15, 0.2) is 11.5 Å². The normalized spacial score (nSPS) is 33.2. The minimum absolute atomic E-state index is 0.0958. The summed E-state index contributed by atoms with van der Waals surface area (Å²) in [6.07, 6.45) is 8.24. The Balaban J connectivity index is 1.63.